The fraction of sp³-hybridized carbons (Fsp3) is 0.333. The van der Waals surface area contributed by atoms with Gasteiger partial charge in [0.25, 0.3) is 10.2 Å². The van der Waals surface area contributed by atoms with Crippen LogP contribution in [0.3, 0.4) is 0 Å². The van der Waals surface area contributed by atoms with E-state index < -0.39 is 52.7 Å². The number of thiazole rings is 1. The second-order valence-corrected chi connectivity index (χ2v) is 15.5. The molecule has 6 rings (SSSR count). The highest BCUT2D eigenvalue weighted by molar-refractivity contribution is 14.1. The number of benzene rings is 3. The Kier molecular flexibility index (Phi) is 10.5. The van der Waals surface area contributed by atoms with Crippen LogP contribution in [0, 0.1) is 3.57 Å². The van der Waals surface area contributed by atoms with E-state index in [2.05, 4.69) is 32.9 Å². The van der Waals surface area contributed by atoms with Crippen molar-refractivity contribution in [2.24, 2.45) is 0 Å². The fourth-order valence-corrected chi connectivity index (χ4v) is 8.83. The molecule has 2 aliphatic rings. The molecule has 4 aromatic rings. The number of para-hydroxylation sites is 2. The highest BCUT2D eigenvalue weighted by Crippen LogP contribution is 2.40. The Hall–Kier alpha value is -3.12. The number of amides is 1. The Labute approximate surface area is 292 Å². The maximum absolute atomic E-state index is 15.0. The summed E-state index contributed by atoms with van der Waals surface area (Å²) in [5.41, 5.74) is 0.770. The minimum Gasteiger partial charge on any atom is -0.492 e. The van der Waals surface area contributed by atoms with Gasteiger partial charge in [-0.05, 0) is 78.4 Å². The summed E-state index contributed by atoms with van der Waals surface area (Å²) in [6.07, 6.45) is -0.0278. The number of rotatable bonds is 11. The average molecular weight is 791 g/mol. The van der Waals surface area contributed by atoms with Gasteiger partial charge in [-0.25, -0.2) is 4.98 Å². The van der Waals surface area contributed by atoms with Crippen molar-refractivity contribution in [1.82, 2.24) is 13.6 Å². The monoisotopic (exact) mass is 790 g/mol. The van der Waals surface area contributed by atoms with Gasteiger partial charge in [-0.1, -0.05) is 48.5 Å². The summed E-state index contributed by atoms with van der Waals surface area (Å²) in [6.45, 7) is 2.96. The van der Waals surface area contributed by atoms with E-state index in [9.17, 15) is 4.79 Å². The second kappa shape index (κ2) is 14.6. The van der Waals surface area contributed by atoms with Crippen LogP contribution < -0.4 is 14.8 Å². The number of nitrogens with one attached hydrogen (secondary N) is 1. The highest BCUT2D eigenvalue weighted by atomic mass is 127. The zero-order valence-electron chi connectivity index (χ0n) is 25.8. The molecule has 0 unspecified atom stereocenters. The van der Waals surface area contributed by atoms with Gasteiger partial charge in [-0.15, -0.1) is 11.3 Å². The molecule has 2 aliphatic heterocycles. The predicted octanol–water partition coefficient (Wildman–Crippen LogP) is 5.16. The first-order chi connectivity index (χ1) is 22.6. The number of carbonyl (C=O) groups is 1. The van der Waals surface area contributed by atoms with Crippen molar-refractivity contribution in [1.29, 1.82) is 0 Å². The number of anilines is 1. The lowest BCUT2D eigenvalue weighted by Gasteiger charge is -2.35. The van der Waals surface area contributed by atoms with E-state index in [0.29, 0.717) is 16.6 Å². The summed E-state index contributed by atoms with van der Waals surface area (Å²) in [7, 11) is -4.41. The molecule has 0 radical (unpaired) electrons. The smallest absolute Gasteiger partial charge is 0.283 e. The third kappa shape index (κ3) is 8.13. The zero-order valence-corrected chi connectivity index (χ0v) is 29.6. The van der Waals surface area contributed by atoms with E-state index in [4.69, 9.17) is 18.9 Å². The van der Waals surface area contributed by atoms with Crippen molar-refractivity contribution in [3.63, 3.8) is 0 Å². The molecular formula is C33H35IN4O7S2. The highest BCUT2D eigenvalue weighted by Gasteiger charge is 2.58. The third-order valence-corrected chi connectivity index (χ3v) is 11.1. The molecule has 3 aromatic carbocycles. The quantitative estimate of drug-likeness (QED) is 0.207. The topological polar surface area (TPSA) is 120 Å². The van der Waals surface area contributed by atoms with Crippen molar-refractivity contribution in [3.8, 4) is 11.5 Å². The van der Waals surface area contributed by atoms with Gasteiger partial charge < -0.3 is 24.3 Å². The lowest BCUT2D eigenvalue weighted by atomic mass is 9.99. The molecule has 2 fully saturated rings. The number of hydrogen-bond donors (Lipinski definition) is 1. The van der Waals surface area contributed by atoms with Crippen molar-refractivity contribution in [2.45, 2.75) is 50.5 Å². The second-order valence-electron chi connectivity index (χ2n) is 11.6. The summed E-state index contributed by atoms with van der Waals surface area (Å²) in [4.78, 5) is 17.6. The van der Waals surface area contributed by atoms with Crippen LogP contribution >= 0.6 is 33.9 Å². The summed E-state index contributed by atoms with van der Waals surface area (Å²) in [5, 5.41) is 4.82. The predicted molar refractivity (Wildman–Crippen MR) is 186 cm³/mol. The van der Waals surface area contributed by atoms with Gasteiger partial charge in [-0.3, -0.25) is 4.79 Å². The largest absolute Gasteiger partial charge is 0.492 e. The van der Waals surface area contributed by atoms with Crippen LogP contribution in [0.1, 0.15) is 19.4 Å². The molecule has 1 N–H and O–H groups in total. The van der Waals surface area contributed by atoms with Crippen molar-refractivity contribution in [3.05, 3.63) is 106 Å². The minimum absolute atomic E-state index is 0.00581. The van der Waals surface area contributed by atoms with Crippen LogP contribution in [0.2, 0.25) is 0 Å². The number of ether oxygens (including phenoxy) is 4. The molecule has 1 aromatic heterocycles. The molecule has 3 heterocycles. The molecule has 14 heteroatoms. The molecule has 4 atom stereocenters. The molecule has 248 valence electrons. The van der Waals surface area contributed by atoms with Crippen LogP contribution in [0.4, 0.5) is 5.13 Å². The van der Waals surface area contributed by atoms with Crippen molar-refractivity contribution >= 4 is 55.2 Å². The number of halogens is 1. The first-order valence-corrected chi connectivity index (χ1v) is 18.4. The number of aromatic nitrogens is 1. The SMILES string of the molecule is CC1(C)O[C@@H]2[C@@H](O1)[C@@H](COc1ccccc1)N(Cc1cccc(I)c1)S(=O)(=O)N(CC(=O)Nc1nccs1)[C@@H]2COc1ccccc1. The summed E-state index contributed by atoms with van der Waals surface area (Å²) >= 11 is 3.44. The molecule has 0 spiro atoms. The minimum atomic E-state index is -4.41. The average Bonchev–Trinajstić information content (AvgIpc) is 3.66. The van der Waals surface area contributed by atoms with Crippen LogP contribution in [-0.4, -0.2) is 77.8 Å². The maximum Gasteiger partial charge on any atom is 0.283 e. The fourth-order valence-electron chi connectivity index (χ4n) is 5.77. The van der Waals surface area contributed by atoms with Gasteiger partial charge in [0.15, 0.2) is 10.9 Å². The number of carbonyl (C=O) groups excluding carboxylic acids is 1. The Morgan fingerprint density at radius 2 is 1.51 bits per heavy atom. The van der Waals surface area contributed by atoms with Gasteiger partial charge in [0.2, 0.25) is 5.91 Å². The van der Waals surface area contributed by atoms with Gasteiger partial charge in [-0.2, -0.15) is 17.0 Å². The van der Waals surface area contributed by atoms with E-state index in [1.54, 1.807) is 37.6 Å². The van der Waals surface area contributed by atoms with Crippen LogP contribution in [0.25, 0.3) is 0 Å². The summed E-state index contributed by atoms with van der Waals surface area (Å²) in [5.74, 6) is -0.469. The van der Waals surface area contributed by atoms with E-state index in [1.165, 1.54) is 19.9 Å². The standard InChI is InChI=1S/C33H35IN4O7S2/c1-33(2)44-30-27(21-42-25-12-5-3-6-13-25)37(19-23-10-9-11-24(34)18-23)47(40,41)38(20-29(39)36-32-35-16-17-46-32)28(31(30)45-33)22-43-26-14-7-4-8-15-26/h3-18,27-28,30-31H,19-22H2,1-2H3,(H,35,36,39)/t27-,28-,30+,31+/m1/s1. The number of nitrogens with zero attached hydrogens (tertiary/aromatic N) is 3. The Bertz CT molecular complexity index is 1750. The lowest BCUT2D eigenvalue weighted by molar-refractivity contribution is -0.156. The van der Waals surface area contributed by atoms with Gasteiger partial charge in [0.1, 0.15) is 36.9 Å². The molecule has 1 amide bonds. The molecule has 11 nitrogen and oxygen atoms in total. The third-order valence-electron chi connectivity index (χ3n) is 7.79. The van der Waals surface area contributed by atoms with Gasteiger partial charge in [0.05, 0.1) is 18.6 Å². The molecule has 2 saturated heterocycles. The molecule has 0 aliphatic carbocycles. The van der Waals surface area contributed by atoms with Gasteiger partial charge in [0, 0.05) is 21.7 Å². The van der Waals surface area contributed by atoms with Crippen LogP contribution in [-0.2, 0) is 31.0 Å². The zero-order chi connectivity index (χ0) is 33.0. The molecule has 0 bridgehead atoms. The van der Waals surface area contributed by atoms with Crippen LogP contribution in [0.15, 0.2) is 96.5 Å². The molecular weight excluding hydrogens is 755 g/mol. The number of hydrogen-bond acceptors (Lipinski definition) is 9. The first kappa shape index (κ1) is 33.8. The Morgan fingerprint density at radius 3 is 2.06 bits per heavy atom. The molecule has 0 saturated carbocycles. The number of fused-ring (bicyclic) bond motifs is 1. The van der Waals surface area contributed by atoms with Crippen molar-refractivity contribution < 1.29 is 32.2 Å². The maximum atomic E-state index is 15.0. The summed E-state index contributed by atoms with van der Waals surface area (Å²) in [6, 6.07) is 24.2. The van der Waals surface area contributed by atoms with E-state index in [-0.39, 0.29) is 19.8 Å². The van der Waals surface area contributed by atoms with Crippen LogP contribution in [0.5, 0.6) is 11.5 Å². The van der Waals surface area contributed by atoms with E-state index in [1.807, 2.05) is 72.8 Å². The Morgan fingerprint density at radius 1 is 0.915 bits per heavy atom. The Balaban J connectivity index is 1.44. The van der Waals surface area contributed by atoms with E-state index in [0.717, 1.165) is 9.13 Å². The normalized spacial score (nSPS) is 23.8. The van der Waals surface area contributed by atoms with Gasteiger partial charge >= 0.3 is 0 Å². The first-order valence-electron chi connectivity index (χ1n) is 15.0. The summed E-state index contributed by atoms with van der Waals surface area (Å²) < 4.78 is 59.0. The lowest BCUT2D eigenvalue weighted by Crippen LogP contribution is -2.55. The molecule has 47 heavy (non-hydrogen) atoms. The van der Waals surface area contributed by atoms with E-state index >= 15 is 8.42 Å². The van der Waals surface area contributed by atoms with Crippen molar-refractivity contribution in [2.75, 3.05) is 25.1 Å².